The lowest BCUT2D eigenvalue weighted by Crippen LogP contribution is -2.31. The molecule has 0 saturated heterocycles. The monoisotopic (exact) mass is 435 g/mol. The van der Waals surface area contributed by atoms with Gasteiger partial charge in [0.2, 0.25) is 0 Å². The molecule has 1 aliphatic rings. The van der Waals surface area contributed by atoms with E-state index in [1.54, 1.807) is 24.3 Å². The van der Waals surface area contributed by atoms with Gasteiger partial charge in [0.1, 0.15) is 0 Å². The highest BCUT2D eigenvalue weighted by Crippen LogP contribution is 2.24. The highest BCUT2D eigenvalue weighted by Gasteiger charge is 2.16. The Morgan fingerprint density at radius 2 is 1.44 bits per heavy atom. The molecule has 1 heterocycles. The first-order valence-corrected chi connectivity index (χ1v) is 12.3. The molecule has 5 nitrogen and oxygen atoms in total. The van der Waals surface area contributed by atoms with Crippen LogP contribution in [0.4, 0.5) is 11.4 Å². The van der Waals surface area contributed by atoms with Crippen molar-refractivity contribution in [3.8, 4) is 0 Å². The number of aryl methyl sites for hydroxylation is 1. The van der Waals surface area contributed by atoms with E-state index in [-0.39, 0.29) is 10.6 Å². The molecule has 0 spiro atoms. The molecule has 1 N–H and O–H groups in total. The van der Waals surface area contributed by atoms with Crippen LogP contribution in [0.15, 0.2) is 54.6 Å². The lowest BCUT2D eigenvalue weighted by atomic mass is 10.0. The molecule has 0 aromatic heterocycles. The number of hydrogen-bond donors (Lipinski definition) is 1. The van der Waals surface area contributed by atoms with Crippen LogP contribution in [-0.4, -0.2) is 11.5 Å². The van der Waals surface area contributed by atoms with Crippen LogP contribution in [0.5, 0.6) is 0 Å². The van der Waals surface area contributed by atoms with Crippen LogP contribution < -0.4 is 10.4 Å². The summed E-state index contributed by atoms with van der Waals surface area (Å²) < 4.78 is 0. The third-order valence-electron chi connectivity index (χ3n) is 6.19. The quantitative estimate of drug-likeness (QED) is 0.190. The van der Waals surface area contributed by atoms with Crippen molar-refractivity contribution in [1.82, 2.24) is 5.43 Å². The zero-order chi connectivity index (χ0) is 22.6. The van der Waals surface area contributed by atoms with Crippen molar-refractivity contribution < 1.29 is 4.92 Å². The van der Waals surface area contributed by atoms with Gasteiger partial charge in [0.25, 0.3) is 5.69 Å². The summed E-state index contributed by atoms with van der Waals surface area (Å²) in [4.78, 5) is 10.5. The Bertz CT molecular complexity index is 859. The summed E-state index contributed by atoms with van der Waals surface area (Å²) in [5, 5.41) is 12.9. The van der Waals surface area contributed by atoms with E-state index in [4.69, 9.17) is 0 Å². The van der Waals surface area contributed by atoms with Gasteiger partial charge in [0.15, 0.2) is 0 Å². The van der Waals surface area contributed by atoms with Gasteiger partial charge in [-0.1, -0.05) is 76.8 Å². The molecule has 2 aromatic rings. The number of hydrazine groups is 1. The third-order valence-corrected chi connectivity index (χ3v) is 6.19. The smallest absolute Gasteiger partial charge is 0.269 e. The highest BCUT2D eigenvalue weighted by molar-refractivity contribution is 5.70. The van der Waals surface area contributed by atoms with Crippen molar-refractivity contribution in [2.75, 3.05) is 11.6 Å². The van der Waals surface area contributed by atoms with Crippen LogP contribution in [-0.2, 0) is 6.42 Å². The van der Waals surface area contributed by atoms with Crippen molar-refractivity contribution in [3.63, 3.8) is 0 Å². The second-order valence-electron chi connectivity index (χ2n) is 8.74. The van der Waals surface area contributed by atoms with Gasteiger partial charge in [-0.25, -0.2) is 0 Å². The van der Waals surface area contributed by atoms with Crippen molar-refractivity contribution in [3.05, 3.63) is 75.8 Å². The fourth-order valence-corrected chi connectivity index (χ4v) is 4.19. The Hall–Kier alpha value is -2.82. The van der Waals surface area contributed by atoms with E-state index in [9.17, 15) is 10.1 Å². The number of nitro benzene ring substituents is 1. The third kappa shape index (κ3) is 7.40. The number of non-ortho nitro benzene ring substituents is 1. The van der Waals surface area contributed by atoms with Gasteiger partial charge in [-0.2, -0.15) is 0 Å². The van der Waals surface area contributed by atoms with E-state index in [0.717, 1.165) is 29.9 Å². The van der Waals surface area contributed by atoms with Crippen molar-refractivity contribution >= 4 is 17.1 Å². The van der Waals surface area contributed by atoms with Crippen LogP contribution in [0.2, 0.25) is 0 Å². The fourth-order valence-electron chi connectivity index (χ4n) is 4.19. The summed E-state index contributed by atoms with van der Waals surface area (Å²) in [7, 11) is 0. The molecule has 0 fully saturated rings. The highest BCUT2D eigenvalue weighted by atomic mass is 16.6. The van der Waals surface area contributed by atoms with E-state index in [1.807, 2.05) is 0 Å². The standard InChI is InChI=1S/C27H37N3O2/c1-2-3-4-5-6-7-8-9-10-11-12-23-13-17-25(18-14-23)29-22-21-27(28-29)24-15-19-26(20-16-24)30(31)32/h13-21,28H,2-12,22H2,1H3. The number of benzene rings is 2. The predicted molar refractivity (Wildman–Crippen MR) is 134 cm³/mol. The summed E-state index contributed by atoms with van der Waals surface area (Å²) in [6.07, 6.45) is 17.0. The minimum Gasteiger partial charge on any atom is -0.298 e. The second kappa shape index (κ2) is 12.9. The van der Waals surface area contributed by atoms with E-state index in [2.05, 4.69) is 47.7 Å². The molecule has 0 saturated carbocycles. The maximum Gasteiger partial charge on any atom is 0.269 e. The number of nitrogens with zero attached hydrogens (tertiary/aromatic N) is 2. The number of rotatable bonds is 14. The van der Waals surface area contributed by atoms with Gasteiger partial charge in [-0.15, -0.1) is 0 Å². The summed E-state index contributed by atoms with van der Waals surface area (Å²) in [6.45, 7) is 3.04. The number of hydrogen-bond acceptors (Lipinski definition) is 4. The van der Waals surface area contributed by atoms with Crippen LogP contribution in [0.1, 0.15) is 82.3 Å². The van der Waals surface area contributed by atoms with Gasteiger partial charge in [-0.05, 0) is 54.3 Å². The van der Waals surface area contributed by atoms with Crippen molar-refractivity contribution in [2.45, 2.75) is 77.6 Å². The van der Waals surface area contributed by atoms with Gasteiger partial charge >= 0.3 is 0 Å². The SMILES string of the molecule is CCCCCCCCCCCCc1ccc(N2CC=C(c3ccc([N+](=O)[O-])cc3)N2)cc1. The van der Waals surface area contributed by atoms with Gasteiger partial charge in [-0.3, -0.25) is 20.5 Å². The van der Waals surface area contributed by atoms with Crippen LogP contribution in [0.25, 0.3) is 5.70 Å². The fraction of sp³-hybridized carbons (Fsp3) is 0.481. The molecule has 32 heavy (non-hydrogen) atoms. The summed E-state index contributed by atoms with van der Waals surface area (Å²) in [5.41, 5.74) is 7.98. The Labute approximate surface area is 192 Å². The molecular weight excluding hydrogens is 398 g/mol. The first kappa shape index (κ1) is 23.8. The zero-order valence-electron chi connectivity index (χ0n) is 19.4. The van der Waals surface area contributed by atoms with E-state index in [1.165, 1.54) is 69.8 Å². The first-order valence-electron chi connectivity index (χ1n) is 12.3. The maximum absolute atomic E-state index is 10.8. The largest absolute Gasteiger partial charge is 0.298 e. The van der Waals surface area contributed by atoms with Crippen molar-refractivity contribution in [2.24, 2.45) is 0 Å². The molecule has 0 unspecified atom stereocenters. The topological polar surface area (TPSA) is 58.4 Å². The number of nitrogens with one attached hydrogen (secondary N) is 1. The predicted octanol–water partition coefficient (Wildman–Crippen LogP) is 7.42. The average Bonchev–Trinajstić information content (AvgIpc) is 3.31. The average molecular weight is 436 g/mol. The molecule has 0 radical (unpaired) electrons. The normalized spacial score (nSPS) is 13.2. The minimum atomic E-state index is -0.371. The Morgan fingerprint density at radius 1 is 0.844 bits per heavy atom. The van der Waals surface area contributed by atoms with E-state index >= 15 is 0 Å². The molecule has 172 valence electrons. The molecule has 0 atom stereocenters. The Morgan fingerprint density at radius 3 is 2.03 bits per heavy atom. The molecule has 2 aromatic carbocycles. The molecule has 1 aliphatic heterocycles. The Balaban J connectivity index is 1.34. The van der Waals surface area contributed by atoms with Crippen LogP contribution in [0.3, 0.4) is 0 Å². The molecule has 0 bridgehead atoms. The molecule has 3 rings (SSSR count). The van der Waals surface area contributed by atoms with Crippen LogP contribution in [0, 0.1) is 10.1 Å². The van der Waals surface area contributed by atoms with E-state index in [0.29, 0.717) is 0 Å². The molecule has 5 heteroatoms. The molecule has 0 amide bonds. The molecule has 0 aliphatic carbocycles. The number of unbranched alkanes of at least 4 members (excludes halogenated alkanes) is 9. The number of nitro groups is 1. The zero-order valence-corrected chi connectivity index (χ0v) is 19.4. The van der Waals surface area contributed by atoms with E-state index < -0.39 is 0 Å². The molecular formula is C27H37N3O2. The minimum absolute atomic E-state index is 0.113. The number of anilines is 1. The van der Waals surface area contributed by atoms with Gasteiger partial charge < -0.3 is 0 Å². The van der Waals surface area contributed by atoms with Crippen molar-refractivity contribution in [1.29, 1.82) is 0 Å². The summed E-state index contributed by atoms with van der Waals surface area (Å²) in [5.74, 6) is 0. The first-order chi connectivity index (χ1) is 15.7. The van der Waals surface area contributed by atoms with Gasteiger partial charge in [0, 0.05) is 12.1 Å². The van der Waals surface area contributed by atoms with Gasteiger partial charge in [0.05, 0.1) is 22.9 Å². The lowest BCUT2D eigenvalue weighted by Gasteiger charge is -2.21. The summed E-state index contributed by atoms with van der Waals surface area (Å²) >= 11 is 0. The summed E-state index contributed by atoms with van der Waals surface area (Å²) in [6, 6.07) is 15.5. The second-order valence-corrected chi connectivity index (χ2v) is 8.74. The van der Waals surface area contributed by atoms with Crippen LogP contribution >= 0.6 is 0 Å². The maximum atomic E-state index is 10.8. The lowest BCUT2D eigenvalue weighted by molar-refractivity contribution is -0.384. The Kier molecular flexibility index (Phi) is 9.60.